The van der Waals surface area contributed by atoms with E-state index in [2.05, 4.69) is 38.1 Å². The first-order valence-corrected chi connectivity index (χ1v) is 7.54. The van der Waals surface area contributed by atoms with Crippen LogP contribution in [0.3, 0.4) is 0 Å². The standard InChI is InChI=1S/C17H27NO/c1-13(2)14-5-7-15(8-6-14)16(11-18)17(12-19)9-3-4-10-17/h5-8,13,16,19H,3-4,9-12,18H2,1-2H3/t16-/m0/s1. The number of aliphatic hydroxyl groups is 1. The van der Waals surface area contributed by atoms with E-state index in [4.69, 9.17) is 5.73 Å². The highest BCUT2D eigenvalue weighted by Gasteiger charge is 2.40. The van der Waals surface area contributed by atoms with E-state index in [-0.39, 0.29) is 12.0 Å². The van der Waals surface area contributed by atoms with Crippen LogP contribution in [0.4, 0.5) is 0 Å². The molecular formula is C17H27NO. The first-order chi connectivity index (χ1) is 9.13. The Morgan fingerprint density at radius 2 is 1.63 bits per heavy atom. The molecule has 2 nitrogen and oxygen atoms in total. The molecule has 1 aromatic carbocycles. The van der Waals surface area contributed by atoms with E-state index in [1.54, 1.807) is 0 Å². The molecule has 0 aliphatic heterocycles. The van der Waals surface area contributed by atoms with Crippen LogP contribution < -0.4 is 5.73 Å². The quantitative estimate of drug-likeness (QED) is 0.853. The summed E-state index contributed by atoms with van der Waals surface area (Å²) in [5.41, 5.74) is 8.71. The molecule has 0 heterocycles. The molecule has 1 atom stereocenters. The number of benzene rings is 1. The van der Waals surface area contributed by atoms with Crippen molar-refractivity contribution in [2.45, 2.75) is 51.4 Å². The van der Waals surface area contributed by atoms with Crippen molar-refractivity contribution in [3.8, 4) is 0 Å². The lowest BCUT2D eigenvalue weighted by molar-refractivity contribution is 0.103. The fourth-order valence-corrected chi connectivity index (χ4v) is 3.55. The summed E-state index contributed by atoms with van der Waals surface area (Å²) >= 11 is 0. The Bertz CT molecular complexity index is 390. The third kappa shape index (κ3) is 2.85. The number of nitrogens with two attached hydrogens (primary N) is 1. The molecule has 1 saturated carbocycles. The van der Waals surface area contributed by atoms with Gasteiger partial charge in [0.05, 0.1) is 0 Å². The summed E-state index contributed by atoms with van der Waals surface area (Å²) in [5, 5.41) is 9.87. The maximum Gasteiger partial charge on any atom is 0.0493 e. The molecule has 0 aromatic heterocycles. The monoisotopic (exact) mass is 261 g/mol. The molecule has 19 heavy (non-hydrogen) atoms. The third-order valence-electron chi connectivity index (χ3n) is 4.89. The van der Waals surface area contributed by atoms with Crippen LogP contribution in [0, 0.1) is 5.41 Å². The van der Waals surface area contributed by atoms with Gasteiger partial charge in [0.25, 0.3) is 0 Å². The second-order valence-corrected chi connectivity index (χ2v) is 6.34. The third-order valence-corrected chi connectivity index (χ3v) is 4.89. The lowest BCUT2D eigenvalue weighted by Crippen LogP contribution is -2.34. The van der Waals surface area contributed by atoms with Crippen LogP contribution in [0.2, 0.25) is 0 Å². The van der Waals surface area contributed by atoms with E-state index in [0.717, 1.165) is 12.8 Å². The van der Waals surface area contributed by atoms with Gasteiger partial charge in [0, 0.05) is 17.9 Å². The topological polar surface area (TPSA) is 46.2 Å². The van der Waals surface area contributed by atoms with Gasteiger partial charge >= 0.3 is 0 Å². The summed E-state index contributed by atoms with van der Waals surface area (Å²) in [6, 6.07) is 8.84. The minimum absolute atomic E-state index is 0.0219. The van der Waals surface area contributed by atoms with Crippen LogP contribution in [-0.4, -0.2) is 18.3 Å². The van der Waals surface area contributed by atoms with Crippen LogP contribution in [-0.2, 0) is 0 Å². The average molecular weight is 261 g/mol. The molecule has 0 bridgehead atoms. The molecule has 1 aliphatic rings. The molecule has 1 aromatic rings. The Morgan fingerprint density at radius 3 is 2.05 bits per heavy atom. The van der Waals surface area contributed by atoms with Gasteiger partial charge in [-0.05, 0) is 36.4 Å². The molecule has 3 N–H and O–H groups in total. The number of rotatable bonds is 5. The van der Waals surface area contributed by atoms with Crippen LogP contribution in [0.25, 0.3) is 0 Å². The normalized spacial score (nSPS) is 19.8. The van der Waals surface area contributed by atoms with Gasteiger partial charge in [-0.1, -0.05) is 51.0 Å². The molecule has 1 aliphatic carbocycles. The minimum Gasteiger partial charge on any atom is -0.396 e. The van der Waals surface area contributed by atoms with Gasteiger partial charge in [0.15, 0.2) is 0 Å². The summed E-state index contributed by atoms with van der Waals surface area (Å²) < 4.78 is 0. The predicted octanol–water partition coefficient (Wildman–Crippen LogP) is 3.41. The van der Waals surface area contributed by atoms with Crippen molar-refractivity contribution in [2.24, 2.45) is 11.1 Å². The van der Waals surface area contributed by atoms with Gasteiger partial charge in [-0.25, -0.2) is 0 Å². The van der Waals surface area contributed by atoms with Crippen LogP contribution in [0.1, 0.15) is 62.5 Å². The van der Waals surface area contributed by atoms with Crippen molar-refractivity contribution < 1.29 is 5.11 Å². The van der Waals surface area contributed by atoms with E-state index < -0.39 is 0 Å². The summed E-state index contributed by atoms with van der Waals surface area (Å²) in [7, 11) is 0. The summed E-state index contributed by atoms with van der Waals surface area (Å²) in [5.74, 6) is 0.852. The molecule has 106 valence electrons. The zero-order valence-corrected chi connectivity index (χ0v) is 12.2. The molecule has 0 unspecified atom stereocenters. The average Bonchev–Trinajstić information content (AvgIpc) is 2.90. The Labute approximate surface area is 117 Å². The molecule has 1 fully saturated rings. The summed E-state index contributed by atoms with van der Waals surface area (Å²) in [4.78, 5) is 0. The molecule has 0 amide bonds. The van der Waals surface area contributed by atoms with Crippen molar-refractivity contribution in [3.63, 3.8) is 0 Å². The Morgan fingerprint density at radius 1 is 1.11 bits per heavy atom. The maximum absolute atomic E-state index is 9.87. The SMILES string of the molecule is CC(C)c1ccc([C@H](CN)C2(CO)CCCC2)cc1. The van der Waals surface area contributed by atoms with Crippen molar-refractivity contribution in [1.29, 1.82) is 0 Å². The van der Waals surface area contributed by atoms with Crippen molar-refractivity contribution in [2.75, 3.05) is 13.2 Å². The number of aliphatic hydroxyl groups excluding tert-OH is 1. The van der Waals surface area contributed by atoms with E-state index in [0.29, 0.717) is 18.4 Å². The van der Waals surface area contributed by atoms with Gasteiger partial charge in [-0.15, -0.1) is 0 Å². The lowest BCUT2D eigenvalue weighted by Gasteiger charge is -2.36. The highest BCUT2D eigenvalue weighted by molar-refractivity contribution is 5.29. The van der Waals surface area contributed by atoms with Gasteiger partial charge in [-0.3, -0.25) is 0 Å². The summed E-state index contributed by atoms with van der Waals surface area (Å²) in [6.07, 6.45) is 4.66. The van der Waals surface area contributed by atoms with Crippen molar-refractivity contribution in [1.82, 2.24) is 0 Å². The summed E-state index contributed by atoms with van der Waals surface area (Å²) in [6.45, 7) is 5.31. The first-order valence-electron chi connectivity index (χ1n) is 7.54. The van der Waals surface area contributed by atoms with Crippen molar-refractivity contribution >= 4 is 0 Å². The molecule has 0 spiro atoms. The molecule has 2 heteroatoms. The number of hydrogen-bond acceptors (Lipinski definition) is 2. The Balaban J connectivity index is 2.26. The number of hydrogen-bond donors (Lipinski definition) is 2. The fourth-order valence-electron chi connectivity index (χ4n) is 3.55. The second kappa shape index (κ2) is 6.06. The largest absolute Gasteiger partial charge is 0.396 e. The van der Waals surface area contributed by atoms with Crippen LogP contribution >= 0.6 is 0 Å². The van der Waals surface area contributed by atoms with Gasteiger partial charge < -0.3 is 10.8 Å². The van der Waals surface area contributed by atoms with Gasteiger partial charge in [0.1, 0.15) is 0 Å². The molecular weight excluding hydrogens is 234 g/mol. The van der Waals surface area contributed by atoms with E-state index in [1.807, 2.05) is 0 Å². The van der Waals surface area contributed by atoms with Crippen LogP contribution in [0.15, 0.2) is 24.3 Å². The van der Waals surface area contributed by atoms with Crippen LogP contribution in [0.5, 0.6) is 0 Å². The fraction of sp³-hybridized carbons (Fsp3) is 0.647. The Hall–Kier alpha value is -0.860. The van der Waals surface area contributed by atoms with Gasteiger partial charge in [0.2, 0.25) is 0 Å². The zero-order valence-electron chi connectivity index (χ0n) is 12.2. The highest BCUT2D eigenvalue weighted by Crippen LogP contribution is 2.48. The molecule has 2 rings (SSSR count). The van der Waals surface area contributed by atoms with E-state index in [9.17, 15) is 5.11 Å². The van der Waals surface area contributed by atoms with E-state index in [1.165, 1.54) is 24.0 Å². The zero-order chi connectivity index (χ0) is 13.9. The predicted molar refractivity (Wildman–Crippen MR) is 80.3 cm³/mol. The van der Waals surface area contributed by atoms with E-state index >= 15 is 0 Å². The second-order valence-electron chi connectivity index (χ2n) is 6.34. The van der Waals surface area contributed by atoms with Crippen molar-refractivity contribution in [3.05, 3.63) is 35.4 Å². The Kier molecular flexibility index (Phi) is 4.64. The molecule has 0 radical (unpaired) electrons. The smallest absolute Gasteiger partial charge is 0.0493 e. The lowest BCUT2D eigenvalue weighted by atomic mass is 9.71. The highest BCUT2D eigenvalue weighted by atomic mass is 16.3. The molecule has 0 saturated heterocycles. The maximum atomic E-state index is 9.87. The minimum atomic E-state index is 0.0219. The first kappa shape index (κ1) is 14.5. The van der Waals surface area contributed by atoms with Gasteiger partial charge in [-0.2, -0.15) is 0 Å².